The minimum Gasteiger partial charge on any atom is -0.379 e. The zero-order valence-corrected chi connectivity index (χ0v) is 16.4. The molecule has 1 N–H and O–H groups in total. The second-order valence-corrected chi connectivity index (χ2v) is 9.01. The molecule has 0 aliphatic carbocycles. The highest BCUT2D eigenvalue weighted by Crippen LogP contribution is 2.23. The van der Waals surface area contributed by atoms with Crippen molar-refractivity contribution in [3.05, 3.63) is 24.3 Å². The molecule has 2 saturated heterocycles. The Labute approximate surface area is 159 Å². The molecule has 2 heterocycles. The molecule has 2 aliphatic rings. The lowest BCUT2D eigenvalue weighted by molar-refractivity contribution is -0.129. The van der Waals surface area contributed by atoms with Crippen molar-refractivity contribution >= 4 is 27.5 Å². The molecule has 0 spiro atoms. The van der Waals surface area contributed by atoms with Gasteiger partial charge in [-0.15, -0.1) is 0 Å². The quantitative estimate of drug-likeness (QED) is 0.799. The van der Waals surface area contributed by atoms with Crippen LogP contribution in [0.15, 0.2) is 29.2 Å². The molecule has 0 aromatic heterocycles. The van der Waals surface area contributed by atoms with E-state index in [1.165, 1.54) is 16.4 Å². The van der Waals surface area contributed by atoms with E-state index in [1.807, 2.05) is 13.8 Å². The SMILES string of the molecule is CC(C)N1C[C@@H](C(=O)Nc2ccc(S(=O)(=O)N3CCOCC3)cc2)CC1=O. The standard InChI is InChI=1S/C18H25N3O5S/c1-13(2)21-12-14(11-17(21)22)18(23)19-15-3-5-16(6-4-15)27(24,25)20-7-9-26-10-8-20/h3-6,13-14H,7-12H2,1-2H3,(H,19,23)/t14-/m0/s1. The van der Waals surface area contributed by atoms with Crippen LogP contribution in [0.2, 0.25) is 0 Å². The van der Waals surface area contributed by atoms with E-state index in [-0.39, 0.29) is 29.2 Å². The number of hydrogen-bond acceptors (Lipinski definition) is 5. The van der Waals surface area contributed by atoms with Crippen LogP contribution in [-0.4, -0.2) is 68.3 Å². The van der Waals surface area contributed by atoms with Gasteiger partial charge in [-0.1, -0.05) is 0 Å². The van der Waals surface area contributed by atoms with Crippen LogP contribution < -0.4 is 5.32 Å². The van der Waals surface area contributed by atoms with Gasteiger partial charge in [-0.25, -0.2) is 8.42 Å². The molecule has 3 rings (SSSR count). The monoisotopic (exact) mass is 395 g/mol. The number of amides is 2. The number of morpholine rings is 1. The van der Waals surface area contributed by atoms with Gasteiger partial charge >= 0.3 is 0 Å². The Kier molecular flexibility index (Phi) is 5.83. The van der Waals surface area contributed by atoms with Gasteiger partial charge in [0.15, 0.2) is 0 Å². The van der Waals surface area contributed by atoms with Gasteiger partial charge in [-0.2, -0.15) is 4.31 Å². The molecular weight excluding hydrogens is 370 g/mol. The molecule has 1 aromatic rings. The van der Waals surface area contributed by atoms with Crippen molar-refractivity contribution in [2.75, 3.05) is 38.2 Å². The van der Waals surface area contributed by atoms with Gasteiger partial charge in [-0.05, 0) is 38.1 Å². The normalized spacial score (nSPS) is 21.7. The molecule has 1 aromatic carbocycles. The number of rotatable bonds is 5. The third kappa shape index (κ3) is 4.31. The van der Waals surface area contributed by atoms with Crippen LogP contribution in [0.4, 0.5) is 5.69 Å². The Hall–Kier alpha value is -1.97. The topological polar surface area (TPSA) is 96.0 Å². The van der Waals surface area contributed by atoms with Crippen molar-refractivity contribution in [1.82, 2.24) is 9.21 Å². The number of carbonyl (C=O) groups excluding carboxylic acids is 2. The van der Waals surface area contributed by atoms with Gasteiger partial charge < -0.3 is 15.0 Å². The number of benzene rings is 1. The van der Waals surface area contributed by atoms with Gasteiger partial charge in [0.05, 0.1) is 24.0 Å². The molecule has 8 nitrogen and oxygen atoms in total. The molecule has 2 aliphatic heterocycles. The van der Waals surface area contributed by atoms with Crippen LogP contribution in [0.5, 0.6) is 0 Å². The maximum absolute atomic E-state index is 12.6. The van der Waals surface area contributed by atoms with Crippen LogP contribution in [-0.2, 0) is 24.3 Å². The van der Waals surface area contributed by atoms with E-state index >= 15 is 0 Å². The van der Waals surface area contributed by atoms with Crippen molar-refractivity contribution in [3.8, 4) is 0 Å². The lowest BCUT2D eigenvalue weighted by Crippen LogP contribution is -2.40. The highest BCUT2D eigenvalue weighted by atomic mass is 32.2. The van der Waals surface area contributed by atoms with E-state index < -0.39 is 15.9 Å². The zero-order chi connectivity index (χ0) is 19.6. The Morgan fingerprint density at radius 2 is 1.81 bits per heavy atom. The summed E-state index contributed by atoms with van der Waals surface area (Å²) >= 11 is 0. The molecule has 1 atom stereocenters. The van der Waals surface area contributed by atoms with Gasteiger partial charge in [0.1, 0.15) is 0 Å². The molecule has 0 radical (unpaired) electrons. The minimum atomic E-state index is -3.56. The predicted octanol–water partition coefficient (Wildman–Crippen LogP) is 0.903. The van der Waals surface area contributed by atoms with Crippen molar-refractivity contribution in [2.24, 2.45) is 5.92 Å². The zero-order valence-electron chi connectivity index (χ0n) is 15.6. The summed E-state index contributed by atoms with van der Waals surface area (Å²) in [6.45, 7) is 5.71. The summed E-state index contributed by atoms with van der Waals surface area (Å²) in [4.78, 5) is 26.3. The molecular formula is C18H25N3O5S. The molecule has 0 bridgehead atoms. The first-order valence-electron chi connectivity index (χ1n) is 9.07. The summed E-state index contributed by atoms with van der Waals surface area (Å²) in [5, 5.41) is 2.78. The average molecular weight is 395 g/mol. The lowest BCUT2D eigenvalue weighted by Gasteiger charge is -2.26. The maximum Gasteiger partial charge on any atom is 0.243 e. The van der Waals surface area contributed by atoms with E-state index in [1.54, 1.807) is 17.0 Å². The number of nitrogens with zero attached hydrogens (tertiary/aromatic N) is 2. The highest BCUT2D eigenvalue weighted by molar-refractivity contribution is 7.89. The van der Waals surface area contributed by atoms with Gasteiger partial charge in [0.2, 0.25) is 21.8 Å². The number of carbonyl (C=O) groups is 2. The third-order valence-electron chi connectivity index (χ3n) is 4.88. The fraction of sp³-hybridized carbons (Fsp3) is 0.556. The first-order chi connectivity index (χ1) is 12.8. The Bertz CT molecular complexity index is 801. The van der Waals surface area contributed by atoms with E-state index in [9.17, 15) is 18.0 Å². The fourth-order valence-electron chi connectivity index (χ4n) is 3.30. The Morgan fingerprint density at radius 1 is 1.19 bits per heavy atom. The molecule has 148 valence electrons. The van der Waals surface area contributed by atoms with Crippen molar-refractivity contribution in [3.63, 3.8) is 0 Å². The van der Waals surface area contributed by atoms with E-state index in [0.29, 0.717) is 38.5 Å². The number of likely N-dealkylation sites (tertiary alicyclic amines) is 1. The fourth-order valence-corrected chi connectivity index (χ4v) is 4.70. The lowest BCUT2D eigenvalue weighted by atomic mass is 10.1. The maximum atomic E-state index is 12.6. The van der Waals surface area contributed by atoms with Crippen LogP contribution >= 0.6 is 0 Å². The van der Waals surface area contributed by atoms with E-state index in [4.69, 9.17) is 4.74 Å². The summed E-state index contributed by atoms with van der Waals surface area (Å²) in [6.07, 6.45) is 0.202. The van der Waals surface area contributed by atoms with E-state index in [2.05, 4.69) is 5.32 Å². The smallest absolute Gasteiger partial charge is 0.243 e. The van der Waals surface area contributed by atoms with Crippen molar-refractivity contribution in [1.29, 1.82) is 0 Å². The Balaban J connectivity index is 1.64. The largest absolute Gasteiger partial charge is 0.379 e. The second-order valence-electron chi connectivity index (χ2n) is 7.07. The minimum absolute atomic E-state index is 0.0166. The molecule has 27 heavy (non-hydrogen) atoms. The molecule has 9 heteroatoms. The summed E-state index contributed by atoms with van der Waals surface area (Å²) in [5.41, 5.74) is 0.511. The van der Waals surface area contributed by atoms with Crippen LogP contribution in [0.1, 0.15) is 20.3 Å². The highest BCUT2D eigenvalue weighted by Gasteiger charge is 2.35. The predicted molar refractivity (Wildman–Crippen MR) is 99.6 cm³/mol. The molecule has 0 saturated carbocycles. The van der Waals surface area contributed by atoms with Gasteiger partial charge in [0, 0.05) is 37.8 Å². The summed E-state index contributed by atoms with van der Waals surface area (Å²) < 4.78 is 31.8. The summed E-state index contributed by atoms with van der Waals surface area (Å²) in [6, 6.07) is 6.19. The third-order valence-corrected chi connectivity index (χ3v) is 6.80. The first kappa shape index (κ1) is 19.8. The molecule has 2 fully saturated rings. The molecule has 2 amide bonds. The second kappa shape index (κ2) is 7.95. The van der Waals surface area contributed by atoms with Gasteiger partial charge in [0.25, 0.3) is 0 Å². The number of ether oxygens (including phenoxy) is 1. The number of hydrogen-bond donors (Lipinski definition) is 1. The first-order valence-corrected chi connectivity index (χ1v) is 10.5. The summed E-state index contributed by atoms with van der Waals surface area (Å²) in [7, 11) is -3.56. The van der Waals surface area contributed by atoms with Gasteiger partial charge in [-0.3, -0.25) is 9.59 Å². The average Bonchev–Trinajstić information content (AvgIpc) is 3.05. The number of nitrogens with one attached hydrogen (secondary N) is 1. The molecule has 0 unspecified atom stereocenters. The summed E-state index contributed by atoms with van der Waals surface area (Å²) in [5.74, 6) is -0.635. The number of anilines is 1. The van der Waals surface area contributed by atoms with Crippen LogP contribution in [0.25, 0.3) is 0 Å². The van der Waals surface area contributed by atoms with Crippen molar-refractivity contribution < 1.29 is 22.7 Å². The van der Waals surface area contributed by atoms with E-state index in [0.717, 1.165) is 0 Å². The van der Waals surface area contributed by atoms with Crippen molar-refractivity contribution in [2.45, 2.75) is 31.2 Å². The van der Waals surface area contributed by atoms with Crippen LogP contribution in [0.3, 0.4) is 0 Å². The number of sulfonamides is 1. The Morgan fingerprint density at radius 3 is 2.37 bits per heavy atom. The van der Waals surface area contributed by atoms with Crippen LogP contribution in [0, 0.1) is 5.92 Å².